The number of hydrogen-bond acceptors (Lipinski definition) is 3. The van der Waals surface area contributed by atoms with E-state index in [9.17, 15) is 9.18 Å². The minimum absolute atomic E-state index is 0.117. The molecule has 1 atom stereocenters. The molecule has 4 heteroatoms. The Hall–Kier alpha value is -1.58. The van der Waals surface area contributed by atoms with Gasteiger partial charge in [-0.1, -0.05) is 0 Å². The van der Waals surface area contributed by atoms with Crippen LogP contribution in [0.15, 0.2) is 18.2 Å². The maximum absolute atomic E-state index is 12.9. The summed E-state index contributed by atoms with van der Waals surface area (Å²) in [7, 11) is 0. The van der Waals surface area contributed by atoms with Crippen molar-refractivity contribution < 1.29 is 18.7 Å². The predicted octanol–water partition coefficient (Wildman–Crippen LogP) is 1.69. The number of fused-ring (bicyclic) bond motifs is 1. The molecule has 0 aromatic heterocycles. The van der Waals surface area contributed by atoms with E-state index in [4.69, 9.17) is 4.74 Å². The van der Waals surface area contributed by atoms with Gasteiger partial charge in [0.25, 0.3) is 6.47 Å². The second kappa shape index (κ2) is 4.29. The SMILES string of the molecule is O=COCC1CCc2cc(F)ccc2O1. The van der Waals surface area contributed by atoms with Crippen LogP contribution in [-0.2, 0) is 16.0 Å². The number of carbonyl (C=O) groups excluding carboxylic acids is 1. The lowest BCUT2D eigenvalue weighted by atomic mass is 10.0. The first-order valence-electron chi connectivity index (χ1n) is 4.80. The molecule has 1 aliphatic heterocycles. The first kappa shape index (κ1) is 9.96. The van der Waals surface area contributed by atoms with Crippen LogP contribution in [0, 0.1) is 5.82 Å². The standard InChI is InChI=1S/C11H11FO3/c12-9-2-4-11-8(5-9)1-3-10(15-11)6-14-7-13/h2,4-5,7,10H,1,3,6H2. The molecule has 1 unspecified atom stereocenters. The molecule has 15 heavy (non-hydrogen) atoms. The van der Waals surface area contributed by atoms with Crippen LogP contribution in [-0.4, -0.2) is 19.2 Å². The van der Waals surface area contributed by atoms with E-state index in [2.05, 4.69) is 4.74 Å². The molecule has 0 saturated carbocycles. The molecule has 1 aromatic carbocycles. The van der Waals surface area contributed by atoms with Crippen LogP contribution in [0.2, 0.25) is 0 Å². The van der Waals surface area contributed by atoms with Gasteiger partial charge in [0.05, 0.1) is 0 Å². The van der Waals surface area contributed by atoms with E-state index in [1.165, 1.54) is 12.1 Å². The summed E-state index contributed by atoms with van der Waals surface area (Å²) < 4.78 is 23.0. The van der Waals surface area contributed by atoms with E-state index in [0.717, 1.165) is 18.4 Å². The van der Waals surface area contributed by atoms with Gasteiger partial charge in [-0.3, -0.25) is 4.79 Å². The highest BCUT2D eigenvalue weighted by molar-refractivity contribution is 5.38. The average molecular weight is 210 g/mol. The van der Waals surface area contributed by atoms with Crippen molar-refractivity contribution in [3.8, 4) is 5.75 Å². The van der Waals surface area contributed by atoms with Crippen LogP contribution >= 0.6 is 0 Å². The van der Waals surface area contributed by atoms with Crippen molar-refractivity contribution in [2.75, 3.05) is 6.61 Å². The van der Waals surface area contributed by atoms with Crippen molar-refractivity contribution in [1.82, 2.24) is 0 Å². The van der Waals surface area contributed by atoms with Gasteiger partial charge in [0.1, 0.15) is 24.3 Å². The van der Waals surface area contributed by atoms with Crippen LogP contribution in [0.5, 0.6) is 5.75 Å². The number of hydrogen-bond donors (Lipinski definition) is 0. The lowest BCUT2D eigenvalue weighted by molar-refractivity contribution is -0.131. The fourth-order valence-electron chi connectivity index (χ4n) is 1.68. The summed E-state index contributed by atoms with van der Waals surface area (Å²) in [6.07, 6.45) is 1.37. The second-order valence-electron chi connectivity index (χ2n) is 3.46. The van der Waals surface area contributed by atoms with Crippen LogP contribution in [0.1, 0.15) is 12.0 Å². The lowest BCUT2D eigenvalue weighted by Crippen LogP contribution is -2.27. The molecule has 2 rings (SSSR count). The Bertz CT molecular complexity index is 365. The quantitative estimate of drug-likeness (QED) is 0.712. The molecule has 0 bridgehead atoms. The van der Waals surface area contributed by atoms with E-state index < -0.39 is 0 Å². The van der Waals surface area contributed by atoms with Gasteiger partial charge in [0.2, 0.25) is 0 Å². The molecule has 0 N–H and O–H groups in total. The van der Waals surface area contributed by atoms with Crippen LogP contribution in [0.25, 0.3) is 0 Å². The molecule has 1 aliphatic rings. The van der Waals surface area contributed by atoms with Crippen molar-refractivity contribution >= 4 is 6.47 Å². The lowest BCUT2D eigenvalue weighted by Gasteiger charge is -2.25. The molecule has 3 nitrogen and oxygen atoms in total. The third kappa shape index (κ3) is 2.26. The summed E-state index contributed by atoms with van der Waals surface area (Å²) in [5.74, 6) is 0.432. The van der Waals surface area contributed by atoms with Crippen molar-refractivity contribution in [3.05, 3.63) is 29.6 Å². The highest BCUT2D eigenvalue weighted by Crippen LogP contribution is 2.28. The molecular formula is C11H11FO3. The number of halogens is 1. The maximum atomic E-state index is 12.9. The summed E-state index contributed by atoms with van der Waals surface area (Å²) in [5, 5.41) is 0. The Morgan fingerprint density at radius 1 is 1.60 bits per heavy atom. The Balaban J connectivity index is 2.06. The van der Waals surface area contributed by atoms with Crippen molar-refractivity contribution in [1.29, 1.82) is 0 Å². The van der Waals surface area contributed by atoms with E-state index in [1.54, 1.807) is 6.07 Å². The molecule has 0 radical (unpaired) electrons. The molecule has 0 amide bonds. The van der Waals surface area contributed by atoms with Gasteiger partial charge in [-0.15, -0.1) is 0 Å². The molecule has 0 fully saturated rings. The molecule has 80 valence electrons. The monoisotopic (exact) mass is 210 g/mol. The van der Waals surface area contributed by atoms with Crippen molar-refractivity contribution in [3.63, 3.8) is 0 Å². The van der Waals surface area contributed by atoms with Gasteiger partial charge >= 0.3 is 0 Å². The molecule has 0 saturated heterocycles. The summed E-state index contributed by atoms with van der Waals surface area (Å²) in [6, 6.07) is 4.45. The highest BCUT2D eigenvalue weighted by Gasteiger charge is 2.20. The smallest absolute Gasteiger partial charge is 0.293 e. The van der Waals surface area contributed by atoms with E-state index in [-0.39, 0.29) is 18.5 Å². The maximum Gasteiger partial charge on any atom is 0.293 e. The van der Waals surface area contributed by atoms with E-state index in [1.807, 2.05) is 0 Å². The highest BCUT2D eigenvalue weighted by atomic mass is 19.1. The third-order valence-electron chi connectivity index (χ3n) is 2.40. The Morgan fingerprint density at radius 2 is 2.47 bits per heavy atom. The third-order valence-corrected chi connectivity index (χ3v) is 2.40. The zero-order valence-corrected chi connectivity index (χ0v) is 8.11. The minimum Gasteiger partial charge on any atom is -0.487 e. The van der Waals surface area contributed by atoms with Crippen LogP contribution in [0.4, 0.5) is 4.39 Å². The van der Waals surface area contributed by atoms with Gasteiger partial charge in [0.15, 0.2) is 0 Å². The largest absolute Gasteiger partial charge is 0.487 e. The van der Waals surface area contributed by atoms with Crippen LogP contribution < -0.4 is 4.74 Å². The normalized spacial score (nSPS) is 18.9. The van der Waals surface area contributed by atoms with Crippen molar-refractivity contribution in [2.45, 2.75) is 18.9 Å². The number of rotatable bonds is 3. The zero-order valence-electron chi connectivity index (χ0n) is 8.11. The Kier molecular flexibility index (Phi) is 2.85. The van der Waals surface area contributed by atoms with E-state index >= 15 is 0 Å². The number of benzene rings is 1. The van der Waals surface area contributed by atoms with Gasteiger partial charge in [0, 0.05) is 0 Å². The second-order valence-corrected chi connectivity index (χ2v) is 3.46. The van der Waals surface area contributed by atoms with Gasteiger partial charge in [-0.05, 0) is 36.6 Å². The summed E-state index contributed by atoms with van der Waals surface area (Å²) in [4.78, 5) is 10.0. The fourth-order valence-corrected chi connectivity index (χ4v) is 1.68. The number of carbonyl (C=O) groups is 1. The van der Waals surface area contributed by atoms with Crippen molar-refractivity contribution in [2.24, 2.45) is 0 Å². The topological polar surface area (TPSA) is 35.5 Å². The summed E-state index contributed by atoms with van der Waals surface area (Å²) >= 11 is 0. The predicted molar refractivity (Wildman–Crippen MR) is 51.2 cm³/mol. The molecule has 0 aliphatic carbocycles. The van der Waals surface area contributed by atoms with Crippen LogP contribution in [0.3, 0.4) is 0 Å². The molecule has 1 heterocycles. The molecule has 0 spiro atoms. The summed E-state index contributed by atoms with van der Waals surface area (Å²) in [5.41, 5.74) is 0.873. The molecule has 1 aromatic rings. The Labute approximate surface area is 86.8 Å². The number of aryl methyl sites for hydroxylation is 1. The first-order valence-corrected chi connectivity index (χ1v) is 4.80. The number of ether oxygens (including phenoxy) is 2. The average Bonchev–Trinajstić information content (AvgIpc) is 2.26. The van der Waals surface area contributed by atoms with Gasteiger partial charge < -0.3 is 9.47 Å². The van der Waals surface area contributed by atoms with Gasteiger partial charge in [-0.25, -0.2) is 4.39 Å². The Morgan fingerprint density at radius 3 is 3.27 bits per heavy atom. The van der Waals surface area contributed by atoms with Gasteiger partial charge in [-0.2, -0.15) is 0 Å². The fraction of sp³-hybridized carbons (Fsp3) is 0.364. The molecular weight excluding hydrogens is 199 g/mol. The van der Waals surface area contributed by atoms with E-state index in [0.29, 0.717) is 12.2 Å². The minimum atomic E-state index is -0.250. The summed E-state index contributed by atoms with van der Waals surface area (Å²) in [6.45, 7) is 0.657. The zero-order chi connectivity index (χ0) is 10.7. The first-order chi connectivity index (χ1) is 7.29.